The standard InChI is InChI=1S/C13H17N5O3/c1-8(14)9-3-2-6-17(7-9)10-4-5-11(18(19)20)13-12(10)15-21-16-13/h4-5,8-9H,2-3,6-7,14H2,1H3. The van der Waals surface area contributed by atoms with Crippen LogP contribution in [0.25, 0.3) is 11.0 Å². The van der Waals surface area contributed by atoms with E-state index < -0.39 is 4.92 Å². The van der Waals surface area contributed by atoms with Crippen molar-refractivity contribution in [3.8, 4) is 0 Å². The molecule has 1 aliphatic rings. The van der Waals surface area contributed by atoms with Crippen LogP contribution in [-0.4, -0.2) is 34.4 Å². The highest BCUT2D eigenvalue weighted by atomic mass is 16.6. The number of aromatic nitrogens is 2. The quantitative estimate of drug-likeness (QED) is 0.676. The Morgan fingerprint density at radius 2 is 2.24 bits per heavy atom. The van der Waals surface area contributed by atoms with Crippen molar-refractivity contribution in [1.29, 1.82) is 0 Å². The Balaban J connectivity index is 1.99. The average Bonchev–Trinajstić information content (AvgIpc) is 2.95. The molecule has 21 heavy (non-hydrogen) atoms. The van der Waals surface area contributed by atoms with Crippen molar-refractivity contribution >= 4 is 22.4 Å². The summed E-state index contributed by atoms with van der Waals surface area (Å²) in [4.78, 5) is 12.7. The van der Waals surface area contributed by atoms with Crippen LogP contribution >= 0.6 is 0 Å². The predicted molar refractivity (Wildman–Crippen MR) is 77.0 cm³/mol. The molecule has 2 unspecified atom stereocenters. The van der Waals surface area contributed by atoms with E-state index in [9.17, 15) is 10.1 Å². The van der Waals surface area contributed by atoms with Gasteiger partial charge in [0.2, 0.25) is 5.52 Å². The minimum absolute atomic E-state index is 0.0873. The molecule has 0 amide bonds. The number of hydrogen-bond acceptors (Lipinski definition) is 7. The third kappa shape index (κ3) is 2.42. The summed E-state index contributed by atoms with van der Waals surface area (Å²) in [6.07, 6.45) is 2.14. The van der Waals surface area contributed by atoms with E-state index in [0.29, 0.717) is 11.4 Å². The second kappa shape index (κ2) is 5.28. The topological polar surface area (TPSA) is 111 Å². The van der Waals surface area contributed by atoms with Gasteiger partial charge >= 0.3 is 5.69 Å². The van der Waals surface area contributed by atoms with Crippen molar-refractivity contribution in [2.75, 3.05) is 18.0 Å². The van der Waals surface area contributed by atoms with Crippen LogP contribution < -0.4 is 10.6 Å². The summed E-state index contributed by atoms with van der Waals surface area (Å²) in [5.41, 5.74) is 7.37. The van der Waals surface area contributed by atoms with Crippen LogP contribution in [-0.2, 0) is 0 Å². The van der Waals surface area contributed by atoms with Crippen molar-refractivity contribution < 1.29 is 9.55 Å². The summed E-state index contributed by atoms with van der Waals surface area (Å²) < 4.78 is 4.71. The first-order chi connectivity index (χ1) is 10.1. The molecule has 0 bridgehead atoms. The molecule has 8 heteroatoms. The Kier molecular flexibility index (Phi) is 3.46. The Hall–Kier alpha value is -2.22. The van der Waals surface area contributed by atoms with Crippen molar-refractivity contribution in [2.45, 2.75) is 25.8 Å². The van der Waals surface area contributed by atoms with Gasteiger partial charge < -0.3 is 10.6 Å². The lowest BCUT2D eigenvalue weighted by molar-refractivity contribution is -0.383. The first-order valence-corrected chi connectivity index (χ1v) is 6.98. The molecular weight excluding hydrogens is 274 g/mol. The minimum Gasteiger partial charge on any atom is -0.369 e. The number of hydrogen-bond donors (Lipinski definition) is 1. The van der Waals surface area contributed by atoms with E-state index >= 15 is 0 Å². The molecule has 3 rings (SSSR count). The van der Waals surface area contributed by atoms with Crippen molar-refractivity contribution in [2.24, 2.45) is 11.7 Å². The molecule has 1 aromatic heterocycles. The van der Waals surface area contributed by atoms with Crippen LogP contribution in [0.4, 0.5) is 11.4 Å². The Labute approximate surface area is 121 Å². The normalized spacial score (nSPS) is 20.7. The highest BCUT2D eigenvalue weighted by Gasteiger charge is 2.27. The minimum atomic E-state index is -0.475. The number of nitro groups is 1. The van der Waals surface area contributed by atoms with Gasteiger partial charge in [-0.3, -0.25) is 10.1 Å². The van der Waals surface area contributed by atoms with Gasteiger partial charge in [-0.25, -0.2) is 4.63 Å². The van der Waals surface area contributed by atoms with Gasteiger partial charge in [0.15, 0.2) is 5.52 Å². The summed E-state index contributed by atoms with van der Waals surface area (Å²) in [5.74, 6) is 0.406. The van der Waals surface area contributed by atoms with Crippen LogP contribution in [0.3, 0.4) is 0 Å². The number of piperidine rings is 1. The Morgan fingerprint density at radius 3 is 2.95 bits per heavy atom. The summed E-state index contributed by atoms with van der Waals surface area (Å²) in [5, 5.41) is 18.5. The second-order valence-corrected chi connectivity index (χ2v) is 5.53. The zero-order valence-corrected chi connectivity index (χ0v) is 11.7. The zero-order chi connectivity index (χ0) is 15.0. The van der Waals surface area contributed by atoms with Crippen molar-refractivity contribution in [3.05, 3.63) is 22.2 Å². The monoisotopic (exact) mass is 291 g/mol. The van der Waals surface area contributed by atoms with Gasteiger partial charge in [0, 0.05) is 25.2 Å². The van der Waals surface area contributed by atoms with Gasteiger partial charge in [0.25, 0.3) is 0 Å². The molecule has 1 saturated heterocycles. The fourth-order valence-corrected chi connectivity index (χ4v) is 2.90. The van der Waals surface area contributed by atoms with E-state index in [4.69, 9.17) is 10.4 Å². The lowest BCUT2D eigenvalue weighted by Gasteiger charge is -2.36. The molecule has 2 aromatic rings. The largest absolute Gasteiger partial charge is 0.369 e. The molecular formula is C13H17N5O3. The maximum atomic E-state index is 11.0. The first-order valence-electron chi connectivity index (χ1n) is 6.98. The lowest BCUT2D eigenvalue weighted by atomic mass is 9.92. The highest BCUT2D eigenvalue weighted by molar-refractivity contribution is 5.93. The Morgan fingerprint density at radius 1 is 1.48 bits per heavy atom. The molecule has 0 radical (unpaired) electrons. The summed E-state index contributed by atoms with van der Waals surface area (Å²) >= 11 is 0. The smallest absolute Gasteiger partial charge is 0.300 e. The number of nitrogens with zero attached hydrogens (tertiary/aromatic N) is 4. The molecule has 2 N–H and O–H groups in total. The molecule has 1 fully saturated rings. The average molecular weight is 291 g/mol. The molecule has 112 valence electrons. The predicted octanol–water partition coefficient (Wildman–Crippen LogP) is 1.69. The number of benzene rings is 1. The number of non-ortho nitro benzene ring substituents is 1. The number of anilines is 1. The van der Waals surface area contributed by atoms with Crippen LogP contribution in [0.2, 0.25) is 0 Å². The molecule has 2 heterocycles. The summed E-state index contributed by atoms with van der Waals surface area (Å²) in [7, 11) is 0. The molecule has 8 nitrogen and oxygen atoms in total. The van der Waals surface area contributed by atoms with Crippen LogP contribution in [0, 0.1) is 16.0 Å². The van der Waals surface area contributed by atoms with E-state index in [0.717, 1.165) is 31.6 Å². The van der Waals surface area contributed by atoms with Crippen LogP contribution in [0.15, 0.2) is 16.8 Å². The molecule has 0 saturated carbocycles. The molecule has 0 spiro atoms. The number of rotatable bonds is 3. The van der Waals surface area contributed by atoms with Gasteiger partial charge in [-0.2, -0.15) is 0 Å². The first kappa shape index (κ1) is 13.7. The lowest BCUT2D eigenvalue weighted by Crippen LogP contribution is -2.42. The van der Waals surface area contributed by atoms with Crippen molar-refractivity contribution in [3.63, 3.8) is 0 Å². The Bertz CT molecular complexity index is 669. The van der Waals surface area contributed by atoms with Crippen LogP contribution in [0.1, 0.15) is 19.8 Å². The second-order valence-electron chi connectivity index (χ2n) is 5.53. The van der Waals surface area contributed by atoms with E-state index in [1.807, 2.05) is 6.92 Å². The summed E-state index contributed by atoms with van der Waals surface area (Å²) in [6, 6.07) is 3.29. The zero-order valence-electron chi connectivity index (χ0n) is 11.7. The van der Waals surface area contributed by atoms with Gasteiger partial charge in [-0.15, -0.1) is 0 Å². The summed E-state index contributed by atoms with van der Waals surface area (Å²) in [6.45, 7) is 3.71. The SMILES string of the molecule is CC(N)C1CCCN(c2ccc([N+](=O)[O-])c3nonc23)C1. The third-order valence-electron chi connectivity index (χ3n) is 4.11. The van der Waals surface area contributed by atoms with E-state index in [2.05, 4.69) is 15.2 Å². The van der Waals surface area contributed by atoms with Crippen LogP contribution in [0.5, 0.6) is 0 Å². The maximum absolute atomic E-state index is 11.0. The molecule has 1 aromatic carbocycles. The fourth-order valence-electron chi connectivity index (χ4n) is 2.90. The van der Waals surface area contributed by atoms with Gasteiger partial charge in [-0.05, 0) is 42.1 Å². The third-order valence-corrected chi connectivity index (χ3v) is 4.11. The van der Waals surface area contributed by atoms with Crippen molar-refractivity contribution in [1.82, 2.24) is 10.3 Å². The van der Waals surface area contributed by atoms with E-state index in [-0.39, 0.29) is 17.2 Å². The molecule has 0 aliphatic carbocycles. The number of nitrogens with two attached hydrogens (primary N) is 1. The molecule has 2 atom stereocenters. The number of fused-ring (bicyclic) bond motifs is 1. The maximum Gasteiger partial charge on any atom is 0.300 e. The fraction of sp³-hybridized carbons (Fsp3) is 0.538. The van der Waals surface area contributed by atoms with E-state index in [1.165, 1.54) is 6.07 Å². The molecule has 1 aliphatic heterocycles. The number of nitro benzene ring substituents is 1. The van der Waals surface area contributed by atoms with E-state index in [1.54, 1.807) is 6.07 Å². The highest BCUT2D eigenvalue weighted by Crippen LogP contribution is 2.33. The van der Waals surface area contributed by atoms with Gasteiger partial charge in [-0.1, -0.05) is 0 Å². The van der Waals surface area contributed by atoms with Gasteiger partial charge in [0.1, 0.15) is 0 Å². The van der Waals surface area contributed by atoms with Gasteiger partial charge in [0.05, 0.1) is 10.6 Å².